The minimum absolute atomic E-state index is 0. The second-order valence-electron chi connectivity index (χ2n) is 2.10. The van der Waals surface area contributed by atoms with Crippen LogP contribution in [0.15, 0.2) is 24.5 Å². The molecule has 0 amide bonds. The van der Waals surface area contributed by atoms with Crippen LogP contribution in [-0.2, 0) is 0 Å². The number of hydrogen-bond donors (Lipinski definition) is 0. The third-order valence-corrected chi connectivity index (χ3v) is 1.18. The van der Waals surface area contributed by atoms with E-state index in [2.05, 4.69) is 4.98 Å². The van der Waals surface area contributed by atoms with Gasteiger partial charge in [-0.1, -0.05) is 13.8 Å². The van der Waals surface area contributed by atoms with Crippen LogP contribution in [0, 0.1) is 49.4 Å². The van der Waals surface area contributed by atoms with Gasteiger partial charge in [0.05, 0.1) is 0 Å². The fourth-order valence-electron chi connectivity index (χ4n) is 0.642. The molecule has 1 heterocycles. The van der Waals surface area contributed by atoms with Gasteiger partial charge >= 0.3 is 0 Å². The standard InChI is InChI=1S/C7H10N2.C2H6.Eu/c1-9(2)7-3-5-8-6-4-7;1-2;/h3-6H,1-2H3;1-2H3;. The van der Waals surface area contributed by atoms with Crippen molar-refractivity contribution in [1.29, 1.82) is 0 Å². The van der Waals surface area contributed by atoms with Crippen molar-refractivity contribution in [1.82, 2.24) is 4.98 Å². The Labute approximate surface area is 116 Å². The van der Waals surface area contributed by atoms with Crippen molar-refractivity contribution in [2.75, 3.05) is 19.0 Å². The van der Waals surface area contributed by atoms with Gasteiger partial charge in [-0.2, -0.15) is 0 Å². The molecular formula is C9H16EuN2. The van der Waals surface area contributed by atoms with E-state index in [4.69, 9.17) is 0 Å². The Morgan fingerprint density at radius 1 is 1.08 bits per heavy atom. The average molecular weight is 304 g/mol. The fraction of sp³-hybridized carbons (Fsp3) is 0.444. The summed E-state index contributed by atoms with van der Waals surface area (Å²) in [6, 6.07) is 3.94. The van der Waals surface area contributed by atoms with E-state index in [1.807, 2.05) is 45.0 Å². The van der Waals surface area contributed by atoms with Gasteiger partial charge in [0.2, 0.25) is 0 Å². The smallest absolute Gasteiger partial charge is 0.0391 e. The van der Waals surface area contributed by atoms with E-state index >= 15 is 0 Å². The maximum Gasteiger partial charge on any atom is 0.0391 e. The maximum absolute atomic E-state index is 3.90. The average Bonchev–Trinajstić information content (AvgIpc) is 2.10. The van der Waals surface area contributed by atoms with E-state index in [0.29, 0.717) is 0 Å². The van der Waals surface area contributed by atoms with Crippen LogP contribution in [-0.4, -0.2) is 19.1 Å². The molecule has 0 saturated carbocycles. The van der Waals surface area contributed by atoms with Crippen LogP contribution < -0.4 is 4.90 Å². The van der Waals surface area contributed by atoms with Gasteiger partial charge in [0, 0.05) is 81.6 Å². The van der Waals surface area contributed by atoms with E-state index in [1.54, 1.807) is 12.4 Å². The van der Waals surface area contributed by atoms with Gasteiger partial charge in [-0.15, -0.1) is 0 Å². The third kappa shape index (κ3) is 6.10. The van der Waals surface area contributed by atoms with Gasteiger partial charge in [0.1, 0.15) is 0 Å². The first kappa shape index (κ1) is 15.0. The van der Waals surface area contributed by atoms with Crippen LogP contribution in [0.25, 0.3) is 0 Å². The molecule has 0 unspecified atom stereocenters. The molecular weight excluding hydrogens is 288 g/mol. The molecule has 0 bridgehead atoms. The Bertz CT molecular complexity index is 175. The third-order valence-electron chi connectivity index (χ3n) is 1.18. The molecule has 0 N–H and O–H groups in total. The Balaban J connectivity index is 0. The minimum Gasteiger partial charge on any atom is -0.378 e. The predicted octanol–water partition coefficient (Wildman–Crippen LogP) is 2.17. The summed E-state index contributed by atoms with van der Waals surface area (Å²) in [5.74, 6) is 0. The van der Waals surface area contributed by atoms with Gasteiger partial charge in [0.25, 0.3) is 0 Å². The van der Waals surface area contributed by atoms with Crippen LogP contribution in [0.1, 0.15) is 13.8 Å². The first-order valence-corrected chi connectivity index (χ1v) is 3.88. The molecule has 0 aliphatic rings. The first-order chi connectivity index (χ1) is 5.30. The summed E-state index contributed by atoms with van der Waals surface area (Å²) in [6.45, 7) is 4.00. The Morgan fingerprint density at radius 2 is 1.50 bits per heavy atom. The molecule has 3 heteroatoms. The number of nitrogens with zero attached hydrogens (tertiary/aromatic N) is 2. The van der Waals surface area contributed by atoms with Crippen molar-refractivity contribution in [2.45, 2.75) is 13.8 Å². The van der Waals surface area contributed by atoms with Gasteiger partial charge in [-0.25, -0.2) is 0 Å². The number of rotatable bonds is 1. The second kappa shape index (κ2) is 9.62. The van der Waals surface area contributed by atoms with Gasteiger partial charge in [0.15, 0.2) is 0 Å². The second-order valence-corrected chi connectivity index (χ2v) is 2.10. The Kier molecular flexibility index (Phi) is 12.0. The van der Waals surface area contributed by atoms with Crippen LogP contribution in [0.4, 0.5) is 5.69 Å². The number of hydrogen-bond acceptors (Lipinski definition) is 2. The van der Waals surface area contributed by atoms with Crippen molar-refractivity contribution in [3.63, 3.8) is 0 Å². The van der Waals surface area contributed by atoms with Gasteiger partial charge in [-0.3, -0.25) is 4.98 Å². The van der Waals surface area contributed by atoms with Crippen molar-refractivity contribution in [2.24, 2.45) is 0 Å². The summed E-state index contributed by atoms with van der Waals surface area (Å²) in [6.07, 6.45) is 3.57. The molecule has 0 aliphatic heterocycles. The SMILES string of the molecule is CC.CN(C)c1ccncc1.[Eu]. The summed E-state index contributed by atoms with van der Waals surface area (Å²) in [4.78, 5) is 5.94. The first-order valence-electron chi connectivity index (χ1n) is 3.88. The van der Waals surface area contributed by atoms with Crippen molar-refractivity contribution >= 4 is 5.69 Å². The molecule has 0 spiro atoms. The molecule has 1 aromatic heterocycles. The minimum atomic E-state index is 0. The molecule has 0 atom stereocenters. The fourth-order valence-corrected chi connectivity index (χ4v) is 0.642. The molecule has 1 aromatic rings. The molecule has 2 nitrogen and oxygen atoms in total. The molecule has 0 fully saturated rings. The Morgan fingerprint density at radius 3 is 1.75 bits per heavy atom. The topological polar surface area (TPSA) is 16.1 Å². The molecule has 0 aliphatic carbocycles. The zero-order valence-corrected chi connectivity index (χ0v) is 10.5. The Hall–Kier alpha value is 0.534. The predicted molar refractivity (Wildman–Crippen MR) is 49.9 cm³/mol. The largest absolute Gasteiger partial charge is 0.378 e. The van der Waals surface area contributed by atoms with Crippen molar-refractivity contribution in [3.8, 4) is 0 Å². The zero-order chi connectivity index (χ0) is 8.69. The normalized spacial score (nSPS) is 7.33. The number of aromatic nitrogens is 1. The number of pyridine rings is 1. The van der Waals surface area contributed by atoms with E-state index in [1.165, 1.54) is 5.69 Å². The van der Waals surface area contributed by atoms with Crippen molar-refractivity contribution in [3.05, 3.63) is 24.5 Å². The van der Waals surface area contributed by atoms with Crippen LogP contribution >= 0.6 is 0 Å². The van der Waals surface area contributed by atoms with Gasteiger partial charge in [-0.05, 0) is 12.1 Å². The summed E-state index contributed by atoms with van der Waals surface area (Å²) < 4.78 is 0. The van der Waals surface area contributed by atoms with E-state index in [0.717, 1.165) is 0 Å². The van der Waals surface area contributed by atoms with E-state index < -0.39 is 0 Å². The van der Waals surface area contributed by atoms with Crippen LogP contribution in [0.5, 0.6) is 0 Å². The monoisotopic (exact) mass is 305 g/mol. The molecule has 0 saturated heterocycles. The maximum atomic E-state index is 3.90. The quantitative estimate of drug-likeness (QED) is 0.790. The summed E-state index contributed by atoms with van der Waals surface area (Å²) >= 11 is 0. The van der Waals surface area contributed by atoms with Gasteiger partial charge < -0.3 is 4.90 Å². The molecule has 69 valence electrons. The molecule has 1 rings (SSSR count). The van der Waals surface area contributed by atoms with Crippen LogP contribution in [0.3, 0.4) is 0 Å². The van der Waals surface area contributed by atoms with Crippen molar-refractivity contribution < 1.29 is 49.4 Å². The zero-order valence-electron chi connectivity index (χ0n) is 8.08. The summed E-state index contributed by atoms with van der Waals surface area (Å²) in [5, 5.41) is 0. The van der Waals surface area contributed by atoms with E-state index in [9.17, 15) is 0 Å². The number of anilines is 1. The molecule has 0 aromatic carbocycles. The molecule has 12 heavy (non-hydrogen) atoms. The summed E-state index contributed by atoms with van der Waals surface area (Å²) in [7, 11) is 4.02. The summed E-state index contributed by atoms with van der Waals surface area (Å²) in [5.41, 5.74) is 1.19. The van der Waals surface area contributed by atoms with Crippen LogP contribution in [0.2, 0.25) is 0 Å². The van der Waals surface area contributed by atoms with E-state index in [-0.39, 0.29) is 49.4 Å². The molecule has 1 radical (unpaired) electrons.